The molecule has 0 atom stereocenters. The predicted molar refractivity (Wildman–Crippen MR) is 65.3 cm³/mol. The summed E-state index contributed by atoms with van der Waals surface area (Å²) in [7, 11) is 0. The molecule has 2 rings (SSSR count). The Kier molecular flexibility index (Phi) is 3.69. The average molecular weight is 238 g/mol. The summed E-state index contributed by atoms with van der Waals surface area (Å²) >= 11 is 0. The first-order chi connectivity index (χ1) is 8.09. The highest BCUT2D eigenvalue weighted by Crippen LogP contribution is 2.28. The lowest BCUT2D eigenvalue weighted by Crippen LogP contribution is -2.53. The van der Waals surface area contributed by atoms with E-state index in [4.69, 9.17) is 0 Å². The van der Waals surface area contributed by atoms with Gasteiger partial charge in [0.2, 0.25) is 11.8 Å². The molecule has 1 saturated heterocycles. The molecule has 0 aromatic carbocycles. The van der Waals surface area contributed by atoms with Crippen LogP contribution in [0.5, 0.6) is 0 Å². The summed E-state index contributed by atoms with van der Waals surface area (Å²) < 4.78 is 0. The monoisotopic (exact) mass is 238 g/mol. The number of nitrogens with zero attached hydrogens (tertiary/aromatic N) is 2. The van der Waals surface area contributed by atoms with Gasteiger partial charge in [-0.1, -0.05) is 20.3 Å². The zero-order chi connectivity index (χ0) is 12.4. The molecule has 0 bridgehead atoms. The first-order valence-electron chi connectivity index (χ1n) is 6.67. The molecule has 0 spiro atoms. The van der Waals surface area contributed by atoms with Crippen LogP contribution in [0.3, 0.4) is 0 Å². The van der Waals surface area contributed by atoms with Gasteiger partial charge in [-0.15, -0.1) is 0 Å². The molecule has 4 nitrogen and oxygen atoms in total. The molecule has 1 aliphatic heterocycles. The van der Waals surface area contributed by atoms with Crippen molar-refractivity contribution >= 4 is 11.8 Å². The van der Waals surface area contributed by atoms with Crippen molar-refractivity contribution in [2.75, 3.05) is 26.2 Å². The number of hydrogen-bond acceptors (Lipinski definition) is 2. The third-order valence-electron chi connectivity index (χ3n) is 3.85. The van der Waals surface area contributed by atoms with Gasteiger partial charge in [-0.05, 0) is 12.8 Å². The Labute approximate surface area is 103 Å². The van der Waals surface area contributed by atoms with Gasteiger partial charge in [-0.2, -0.15) is 0 Å². The fourth-order valence-corrected chi connectivity index (χ4v) is 2.43. The Balaban J connectivity index is 1.81. The Morgan fingerprint density at radius 2 is 1.53 bits per heavy atom. The quantitative estimate of drug-likeness (QED) is 0.723. The van der Waals surface area contributed by atoms with Crippen LogP contribution in [0.2, 0.25) is 0 Å². The minimum absolute atomic E-state index is 0.0592. The van der Waals surface area contributed by atoms with Gasteiger partial charge in [0.1, 0.15) is 0 Å². The zero-order valence-corrected chi connectivity index (χ0v) is 10.8. The Morgan fingerprint density at radius 3 is 1.94 bits per heavy atom. The first-order valence-corrected chi connectivity index (χ1v) is 6.67. The molecule has 0 aromatic heterocycles. The van der Waals surface area contributed by atoms with Crippen LogP contribution in [0, 0.1) is 11.8 Å². The fourth-order valence-electron chi connectivity index (χ4n) is 2.43. The summed E-state index contributed by atoms with van der Waals surface area (Å²) in [5.74, 6) is 0.861. The maximum Gasteiger partial charge on any atom is 0.225 e. The molecule has 1 heterocycles. The number of hydrogen-bond donors (Lipinski definition) is 0. The van der Waals surface area contributed by atoms with Crippen LogP contribution in [-0.4, -0.2) is 47.8 Å². The maximum absolute atomic E-state index is 12.0. The van der Waals surface area contributed by atoms with E-state index in [0.29, 0.717) is 32.1 Å². The van der Waals surface area contributed by atoms with Gasteiger partial charge in [-0.3, -0.25) is 9.59 Å². The summed E-state index contributed by atoms with van der Waals surface area (Å²) in [5, 5.41) is 0. The molecule has 2 fully saturated rings. The van der Waals surface area contributed by atoms with Crippen LogP contribution in [0.4, 0.5) is 0 Å². The van der Waals surface area contributed by atoms with Crippen molar-refractivity contribution in [1.29, 1.82) is 0 Å². The van der Waals surface area contributed by atoms with Gasteiger partial charge in [0.15, 0.2) is 0 Å². The van der Waals surface area contributed by atoms with Crippen LogP contribution >= 0.6 is 0 Å². The first kappa shape index (κ1) is 12.4. The second-order valence-electron chi connectivity index (χ2n) is 5.43. The molecule has 1 saturated carbocycles. The van der Waals surface area contributed by atoms with Gasteiger partial charge in [0, 0.05) is 38.0 Å². The molecule has 1 aliphatic carbocycles. The van der Waals surface area contributed by atoms with E-state index in [0.717, 1.165) is 12.8 Å². The summed E-state index contributed by atoms with van der Waals surface area (Å²) in [6.45, 7) is 6.69. The van der Waals surface area contributed by atoms with E-state index < -0.39 is 0 Å². The molecule has 2 amide bonds. The molecule has 2 aliphatic rings. The lowest BCUT2D eigenvalue weighted by molar-refractivity contribution is -0.145. The van der Waals surface area contributed by atoms with Crippen LogP contribution in [0.15, 0.2) is 0 Å². The molecule has 0 aromatic rings. The topological polar surface area (TPSA) is 40.6 Å². The van der Waals surface area contributed by atoms with Crippen molar-refractivity contribution in [3.8, 4) is 0 Å². The van der Waals surface area contributed by atoms with Crippen molar-refractivity contribution in [2.24, 2.45) is 11.8 Å². The summed E-state index contributed by atoms with van der Waals surface area (Å²) in [5.41, 5.74) is 0. The standard InChI is InChI=1S/C13H22N2O2/c1-10(2)12(16)14-6-8-15(9-7-14)13(17)11-4-3-5-11/h10-11H,3-9H2,1-2H3. The molecule has 96 valence electrons. The lowest BCUT2D eigenvalue weighted by Gasteiger charge is -2.38. The van der Waals surface area contributed by atoms with Crippen molar-refractivity contribution in [2.45, 2.75) is 33.1 Å². The summed E-state index contributed by atoms with van der Waals surface area (Å²) in [6, 6.07) is 0. The normalized spacial score (nSPS) is 21.6. The molecule has 0 radical (unpaired) electrons. The van der Waals surface area contributed by atoms with E-state index in [1.165, 1.54) is 6.42 Å². The van der Waals surface area contributed by atoms with E-state index in [1.807, 2.05) is 23.6 Å². The smallest absolute Gasteiger partial charge is 0.225 e. The number of amides is 2. The van der Waals surface area contributed by atoms with Gasteiger partial charge >= 0.3 is 0 Å². The SMILES string of the molecule is CC(C)C(=O)N1CCN(C(=O)C2CCC2)CC1. The highest BCUT2D eigenvalue weighted by atomic mass is 16.2. The molecular weight excluding hydrogens is 216 g/mol. The molecule has 0 N–H and O–H groups in total. The highest BCUT2D eigenvalue weighted by molar-refractivity contribution is 5.81. The molecule has 17 heavy (non-hydrogen) atoms. The Hall–Kier alpha value is -1.06. The van der Waals surface area contributed by atoms with Gasteiger partial charge in [0.25, 0.3) is 0 Å². The third kappa shape index (κ3) is 2.61. The molecule has 0 unspecified atom stereocenters. The second-order valence-corrected chi connectivity index (χ2v) is 5.43. The van der Waals surface area contributed by atoms with Crippen LogP contribution in [-0.2, 0) is 9.59 Å². The van der Waals surface area contributed by atoms with E-state index in [-0.39, 0.29) is 17.7 Å². The second kappa shape index (κ2) is 5.07. The zero-order valence-electron chi connectivity index (χ0n) is 10.8. The van der Waals surface area contributed by atoms with Crippen molar-refractivity contribution < 1.29 is 9.59 Å². The summed E-state index contributed by atoms with van der Waals surface area (Å²) in [6.07, 6.45) is 3.32. The number of piperazine rings is 1. The minimum atomic E-state index is 0.0592. The molecule has 4 heteroatoms. The lowest BCUT2D eigenvalue weighted by atomic mass is 9.84. The van der Waals surface area contributed by atoms with Gasteiger partial charge in [-0.25, -0.2) is 0 Å². The highest BCUT2D eigenvalue weighted by Gasteiger charge is 2.32. The minimum Gasteiger partial charge on any atom is -0.339 e. The van der Waals surface area contributed by atoms with Crippen molar-refractivity contribution in [3.63, 3.8) is 0 Å². The van der Waals surface area contributed by atoms with Gasteiger partial charge in [0.05, 0.1) is 0 Å². The predicted octanol–water partition coefficient (Wildman–Crippen LogP) is 1.11. The van der Waals surface area contributed by atoms with Crippen molar-refractivity contribution in [1.82, 2.24) is 9.80 Å². The number of rotatable bonds is 2. The van der Waals surface area contributed by atoms with E-state index >= 15 is 0 Å². The Bertz CT molecular complexity index is 303. The maximum atomic E-state index is 12.0. The van der Waals surface area contributed by atoms with E-state index in [2.05, 4.69) is 0 Å². The van der Waals surface area contributed by atoms with E-state index in [9.17, 15) is 9.59 Å². The van der Waals surface area contributed by atoms with Crippen LogP contribution < -0.4 is 0 Å². The third-order valence-corrected chi connectivity index (χ3v) is 3.85. The summed E-state index contributed by atoms with van der Waals surface area (Å²) in [4.78, 5) is 27.6. The number of carbonyl (C=O) groups is 2. The average Bonchev–Trinajstić information content (AvgIpc) is 2.25. The molecular formula is C13H22N2O2. The van der Waals surface area contributed by atoms with E-state index in [1.54, 1.807) is 0 Å². The largest absolute Gasteiger partial charge is 0.339 e. The number of carbonyl (C=O) groups excluding carboxylic acids is 2. The van der Waals surface area contributed by atoms with Crippen molar-refractivity contribution in [3.05, 3.63) is 0 Å². The van der Waals surface area contributed by atoms with Crippen LogP contribution in [0.1, 0.15) is 33.1 Å². The Morgan fingerprint density at radius 1 is 1.00 bits per heavy atom. The van der Waals surface area contributed by atoms with Gasteiger partial charge < -0.3 is 9.80 Å². The van der Waals surface area contributed by atoms with Crippen LogP contribution in [0.25, 0.3) is 0 Å². The fraction of sp³-hybridized carbons (Fsp3) is 0.846.